The van der Waals surface area contributed by atoms with Crippen LogP contribution in [-0.2, 0) is 7.05 Å². The van der Waals surface area contributed by atoms with Gasteiger partial charge in [0.1, 0.15) is 5.75 Å². The summed E-state index contributed by atoms with van der Waals surface area (Å²) in [5.41, 5.74) is 0.955. The second-order valence-electron chi connectivity index (χ2n) is 5.19. The Morgan fingerprint density at radius 3 is 2.57 bits per heavy atom. The van der Waals surface area contributed by atoms with Crippen LogP contribution in [0.25, 0.3) is 10.8 Å². The van der Waals surface area contributed by atoms with Crippen molar-refractivity contribution in [1.82, 2.24) is 4.57 Å². The van der Waals surface area contributed by atoms with Gasteiger partial charge in [0.05, 0.1) is 12.7 Å². The molecule has 0 radical (unpaired) electrons. The van der Waals surface area contributed by atoms with Crippen LogP contribution in [0.1, 0.15) is 10.4 Å². The first-order chi connectivity index (χ1) is 11.1. The number of rotatable bonds is 3. The Kier molecular flexibility index (Phi) is 3.85. The van der Waals surface area contributed by atoms with Crippen LogP contribution >= 0.6 is 0 Å². The topological polar surface area (TPSA) is 60.3 Å². The lowest BCUT2D eigenvalue weighted by molar-refractivity contribution is 0.102. The summed E-state index contributed by atoms with van der Waals surface area (Å²) in [7, 11) is 3.21. The molecule has 1 heterocycles. The molecule has 116 valence electrons. The van der Waals surface area contributed by atoms with E-state index in [-0.39, 0.29) is 11.5 Å². The molecule has 0 aliphatic rings. The lowest BCUT2D eigenvalue weighted by atomic mass is 10.1. The van der Waals surface area contributed by atoms with E-state index in [1.54, 1.807) is 62.8 Å². The molecule has 1 N–H and O–H groups in total. The molecule has 0 saturated carbocycles. The minimum atomic E-state index is -0.273. The second-order valence-corrected chi connectivity index (χ2v) is 5.19. The van der Waals surface area contributed by atoms with Gasteiger partial charge in [-0.3, -0.25) is 9.59 Å². The molecule has 23 heavy (non-hydrogen) atoms. The highest BCUT2D eigenvalue weighted by Gasteiger charge is 2.13. The first-order valence-corrected chi connectivity index (χ1v) is 7.14. The Labute approximate surface area is 133 Å². The Morgan fingerprint density at radius 1 is 1.09 bits per heavy atom. The predicted octanol–water partition coefficient (Wildman–Crippen LogP) is 2.80. The monoisotopic (exact) mass is 308 g/mol. The van der Waals surface area contributed by atoms with Crippen LogP contribution in [0.3, 0.4) is 0 Å². The third-order valence-corrected chi connectivity index (χ3v) is 3.66. The van der Waals surface area contributed by atoms with Crippen LogP contribution < -0.4 is 15.6 Å². The van der Waals surface area contributed by atoms with Crippen molar-refractivity contribution in [2.45, 2.75) is 0 Å². The fourth-order valence-electron chi connectivity index (χ4n) is 2.50. The number of carbonyl (C=O) groups is 1. The molecule has 5 heteroatoms. The van der Waals surface area contributed by atoms with E-state index in [1.807, 2.05) is 6.07 Å². The average Bonchev–Trinajstić information content (AvgIpc) is 2.58. The summed E-state index contributed by atoms with van der Waals surface area (Å²) in [6, 6.07) is 14.2. The summed E-state index contributed by atoms with van der Waals surface area (Å²) in [6.07, 6.45) is 1.56. The molecule has 3 rings (SSSR count). The molecule has 1 amide bonds. The molecule has 0 bridgehead atoms. The minimum Gasteiger partial charge on any atom is -0.497 e. The van der Waals surface area contributed by atoms with Gasteiger partial charge in [0.15, 0.2) is 0 Å². The van der Waals surface area contributed by atoms with Crippen molar-refractivity contribution in [2.75, 3.05) is 12.4 Å². The summed E-state index contributed by atoms with van der Waals surface area (Å²) in [5, 5.41) is 3.99. The van der Waals surface area contributed by atoms with E-state index >= 15 is 0 Å². The van der Waals surface area contributed by atoms with E-state index in [4.69, 9.17) is 4.74 Å². The molecule has 0 atom stereocenters. The molecule has 0 unspecified atom stereocenters. The van der Waals surface area contributed by atoms with Gasteiger partial charge in [-0.15, -0.1) is 0 Å². The number of benzene rings is 2. The number of amides is 1. The van der Waals surface area contributed by atoms with Gasteiger partial charge in [-0.2, -0.15) is 0 Å². The number of anilines is 1. The van der Waals surface area contributed by atoms with Crippen molar-refractivity contribution < 1.29 is 9.53 Å². The summed E-state index contributed by atoms with van der Waals surface area (Å²) in [4.78, 5) is 24.8. The third-order valence-electron chi connectivity index (χ3n) is 3.66. The summed E-state index contributed by atoms with van der Waals surface area (Å²) < 4.78 is 6.57. The van der Waals surface area contributed by atoms with E-state index in [0.717, 1.165) is 0 Å². The van der Waals surface area contributed by atoms with E-state index < -0.39 is 0 Å². The Morgan fingerprint density at radius 2 is 1.83 bits per heavy atom. The van der Waals surface area contributed by atoms with Gasteiger partial charge in [-0.25, -0.2) is 0 Å². The molecule has 2 aromatic carbocycles. The molecular weight excluding hydrogens is 292 g/mol. The summed E-state index contributed by atoms with van der Waals surface area (Å²) in [5.74, 6) is 0.387. The second kappa shape index (κ2) is 5.96. The SMILES string of the molecule is COc1cccc(NC(=O)c2cn(C)c(=O)c3ccccc23)c1. The van der Waals surface area contributed by atoms with Gasteiger partial charge >= 0.3 is 0 Å². The van der Waals surface area contributed by atoms with E-state index in [0.29, 0.717) is 27.8 Å². The van der Waals surface area contributed by atoms with Gasteiger partial charge in [0, 0.05) is 35.8 Å². The number of carbonyl (C=O) groups excluding carboxylic acids is 1. The molecule has 0 saturated heterocycles. The van der Waals surface area contributed by atoms with Gasteiger partial charge in [0.25, 0.3) is 11.5 Å². The van der Waals surface area contributed by atoms with Crippen LogP contribution in [0.15, 0.2) is 59.5 Å². The van der Waals surface area contributed by atoms with Crippen molar-refractivity contribution in [3.8, 4) is 5.75 Å². The van der Waals surface area contributed by atoms with Gasteiger partial charge in [-0.05, 0) is 18.2 Å². The van der Waals surface area contributed by atoms with E-state index in [2.05, 4.69) is 5.32 Å². The van der Waals surface area contributed by atoms with Crippen molar-refractivity contribution >= 4 is 22.4 Å². The molecule has 3 aromatic rings. The zero-order valence-corrected chi connectivity index (χ0v) is 12.9. The summed E-state index contributed by atoms with van der Waals surface area (Å²) >= 11 is 0. The lowest BCUT2D eigenvalue weighted by Gasteiger charge is -2.10. The van der Waals surface area contributed by atoms with E-state index in [9.17, 15) is 9.59 Å². The van der Waals surface area contributed by atoms with Crippen molar-refractivity contribution in [3.63, 3.8) is 0 Å². The zero-order chi connectivity index (χ0) is 16.4. The van der Waals surface area contributed by atoms with Crippen LogP contribution in [0.2, 0.25) is 0 Å². The summed E-state index contributed by atoms with van der Waals surface area (Å²) in [6.45, 7) is 0. The molecular formula is C18H16N2O3. The molecule has 1 aromatic heterocycles. The standard InChI is InChI=1S/C18H16N2O3/c1-20-11-16(14-8-3-4-9-15(14)18(20)22)17(21)19-12-6-5-7-13(10-12)23-2/h3-11H,1-2H3,(H,19,21). The van der Waals surface area contributed by atoms with Crippen molar-refractivity contribution in [1.29, 1.82) is 0 Å². The number of ether oxygens (including phenoxy) is 1. The van der Waals surface area contributed by atoms with Crippen LogP contribution in [-0.4, -0.2) is 17.6 Å². The zero-order valence-electron chi connectivity index (χ0n) is 12.9. The number of pyridine rings is 1. The highest BCUT2D eigenvalue weighted by atomic mass is 16.5. The van der Waals surface area contributed by atoms with Crippen LogP contribution in [0, 0.1) is 0 Å². The maximum atomic E-state index is 12.6. The van der Waals surface area contributed by atoms with Gasteiger partial charge in [-0.1, -0.05) is 24.3 Å². The molecule has 0 fully saturated rings. The largest absolute Gasteiger partial charge is 0.497 e. The van der Waals surface area contributed by atoms with Gasteiger partial charge in [0.2, 0.25) is 0 Å². The van der Waals surface area contributed by atoms with Crippen molar-refractivity contribution in [3.05, 3.63) is 70.6 Å². The average molecular weight is 308 g/mol. The number of hydrogen-bond acceptors (Lipinski definition) is 3. The Balaban J connectivity index is 2.04. The number of hydrogen-bond donors (Lipinski definition) is 1. The third kappa shape index (κ3) is 2.81. The molecule has 0 aliphatic carbocycles. The van der Waals surface area contributed by atoms with Crippen LogP contribution in [0.5, 0.6) is 5.75 Å². The Hall–Kier alpha value is -3.08. The highest BCUT2D eigenvalue weighted by Crippen LogP contribution is 2.20. The normalized spacial score (nSPS) is 10.5. The number of nitrogens with one attached hydrogen (secondary N) is 1. The fourth-order valence-corrected chi connectivity index (χ4v) is 2.50. The maximum absolute atomic E-state index is 12.6. The molecule has 5 nitrogen and oxygen atoms in total. The number of fused-ring (bicyclic) bond motifs is 1. The number of methoxy groups -OCH3 is 1. The maximum Gasteiger partial charge on any atom is 0.258 e. The van der Waals surface area contributed by atoms with Crippen molar-refractivity contribution in [2.24, 2.45) is 7.05 Å². The number of nitrogens with zero attached hydrogens (tertiary/aromatic N) is 1. The van der Waals surface area contributed by atoms with Gasteiger partial charge < -0.3 is 14.6 Å². The molecule has 0 spiro atoms. The highest BCUT2D eigenvalue weighted by molar-refractivity contribution is 6.12. The minimum absolute atomic E-state index is 0.126. The lowest BCUT2D eigenvalue weighted by Crippen LogP contribution is -2.21. The van der Waals surface area contributed by atoms with E-state index in [1.165, 1.54) is 4.57 Å². The first kappa shape index (κ1) is 14.8. The van der Waals surface area contributed by atoms with Crippen LogP contribution in [0.4, 0.5) is 5.69 Å². The number of aromatic nitrogens is 1. The quantitative estimate of drug-likeness (QED) is 0.809. The number of aryl methyl sites for hydroxylation is 1. The first-order valence-electron chi connectivity index (χ1n) is 7.14. The fraction of sp³-hybridized carbons (Fsp3) is 0.111. The smallest absolute Gasteiger partial charge is 0.258 e. The Bertz CT molecular complexity index is 944. The molecule has 0 aliphatic heterocycles. The predicted molar refractivity (Wildman–Crippen MR) is 90.1 cm³/mol.